The van der Waals surface area contributed by atoms with Crippen LogP contribution in [0.5, 0.6) is 0 Å². The van der Waals surface area contributed by atoms with Crippen LogP contribution in [-0.2, 0) is 6.54 Å². The minimum absolute atomic E-state index is 0.104. The monoisotopic (exact) mass is 371 g/mol. The number of aromatic nitrogens is 1. The molecule has 2 saturated heterocycles. The van der Waals surface area contributed by atoms with Gasteiger partial charge >= 0.3 is 6.03 Å². The van der Waals surface area contributed by atoms with E-state index in [2.05, 4.69) is 44.2 Å². The zero-order valence-electron chi connectivity index (χ0n) is 16.6. The average molecular weight is 372 g/mol. The molecule has 1 saturated carbocycles. The lowest BCUT2D eigenvalue weighted by Crippen LogP contribution is -2.45. The van der Waals surface area contributed by atoms with Crippen LogP contribution < -0.4 is 10.2 Å². The second-order valence-corrected chi connectivity index (χ2v) is 8.42. The molecule has 3 aliphatic rings. The number of hydrogen-bond donors (Lipinski definition) is 1. The third-order valence-corrected chi connectivity index (χ3v) is 6.58. The fourth-order valence-electron chi connectivity index (χ4n) is 4.90. The second-order valence-electron chi connectivity index (χ2n) is 8.42. The van der Waals surface area contributed by atoms with E-state index in [1.54, 1.807) is 0 Å². The highest BCUT2D eigenvalue weighted by atomic mass is 16.2. The minimum atomic E-state index is 0.104. The number of pyridine rings is 1. The summed E-state index contributed by atoms with van der Waals surface area (Å²) in [6.07, 6.45) is 9.50. The smallest absolute Gasteiger partial charge is 0.317 e. The maximum absolute atomic E-state index is 12.7. The molecule has 2 amide bonds. The van der Waals surface area contributed by atoms with Crippen molar-refractivity contribution in [1.82, 2.24) is 20.1 Å². The predicted molar refractivity (Wildman–Crippen MR) is 108 cm³/mol. The molecule has 148 valence electrons. The van der Waals surface area contributed by atoms with E-state index >= 15 is 0 Å². The van der Waals surface area contributed by atoms with Crippen molar-refractivity contribution in [2.45, 2.75) is 51.1 Å². The van der Waals surface area contributed by atoms with Crippen molar-refractivity contribution >= 4 is 11.8 Å². The summed E-state index contributed by atoms with van der Waals surface area (Å²) in [6, 6.07) is 4.75. The van der Waals surface area contributed by atoms with E-state index in [0.717, 1.165) is 56.4 Å². The van der Waals surface area contributed by atoms with Crippen molar-refractivity contribution in [3.8, 4) is 0 Å². The summed E-state index contributed by atoms with van der Waals surface area (Å²) < 4.78 is 0. The van der Waals surface area contributed by atoms with Gasteiger partial charge in [0.2, 0.25) is 0 Å². The van der Waals surface area contributed by atoms with Crippen LogP contribution in [0.3, 0.4) is 0 Å². The summed E-state index contributed by atoms with van der Waals surface area (Å²) in [5.41, 5.74) is 1.07. The van der Waals surface area contributed by atoms with Crippen molar-refractivity contribution in [2.75, 3.05) is 44.7 Å². The van der Waals surface area contributed by atoms with Crippen molar-refractivity contribution in [2.24, 2.45) is 5.92 Å². The molecular weight excluding hydrogens is 338 g/mol. The van der Waals surface area contributed by atoms with Gasteiger partial charge in [-0.1, -0.05) is 18.9 Å². The molecule has 4 rings (SSSR count). The molecule has 1 atom stereocenters. The molecule has 0 radical (unpaired) electrons. The number of anilines is 1. The number of carbonyl (C=O) groups is 1. The highest BCUT2D eigenvalue weighted by Gasteiger charge is 2.35. The molecular formula is C21H33N5O. The van der Waals surface area contributed by atoms with Gasteiger partial charge in [0.15, 0.2) is 0 Å². The summed E-state index contributed by atoms with van der Waals surface area (Å²) in [4.78, 5) is 24.1. The SMILES string of the molecule is CN1CCN(c2ccc(CNC(=O)N3CCC[C@@H]3C3CCCC3)cn2)CC1. The molecule has 0 aromatic carbocycles. The second kappa shape index (κ2) is 8.46. The summed E-state index contributed by atoms with van der Waals surface area (Å²) >= 11 is 0. The molecule has 1 aliphatic carbocycles. The Hall–Kier alpha value is -1.82. The molecule has 2 aliphatic heterocycles. The Morgan fingerprint density at radius 2 is 1.85 bits per heavy atom. The van der Waals surface area contributed by atoms with Crippen LogP contribution >= 0.6 is 0 Å². The molecule has 27 heavy (non-hydrogen) atoms. The Kier molecular flexibility index (Phi) is 5.81. The van der Waals surface area contributed by atoms with Gasteiger partial charge in [0.1, 0.15) is 5.82 Å². The highest BCUT2D eigenvalue weighted by molar-refractivity contribution is 5.74. The van der Waals surface area contributed by atoms with E-state index < -0.39 is 0 Å². The van der Waals surface area contributed by atoms with Gasteiger partial charge < -0.3 is 20.0 Å². The molecule has 0 bridgehead atoms. The first-order valence-electron chi connectivity index (χ1n) is 10.6. The lowest BCUT2D eigenvalue weighted by molar-refractivity contribution is 0.172. The van der Waals surface area contributed by atoms with Gasteiger partial charge in [-0.3, -0.25) is 0 Å². The maximum Gasteiger partial charge on any atom is 0.317 e. The number of likely N-dealkylation sites (tertiary alicyclic amines) is 1. The third-order valence-electron chi connectivity index (χ3n) is 6.58. The summed E-state index contributed by atoms with van der Waals surface area (Å²) in [5.74, 6) is 1.77. The first-order chi connectivity index (χ1) is 13.2. The largest absolute Gasteiger partial charge is 0.354 e. The highest BCUT2D eigenvalue weighted by Crippen LogP contribution is 2.35. The van der Waals surface area contributed by atoms with Gasteiger partial charge in [-0.15, -0.1) is 0 Å². The van der Waals surface area contributed by atoms with E-state index in [4.69, 9.17) is 0 Å². The first-order valence-corrected chi connectivity index (χ1v) is 10.6. The number of likely N-dealkylation sites (N-methyl/N-ethyl adjacent to an activating group) is 1. The quantitative estimate of drug-likeness (QED) is 0.884. The number of urea groups is 1. The van der Waals surface area contributed by atoms with E-state index in [9.17, 15) is 4.79 Å². The number of nitrogens with zero attached hydrogens (tertiary/aromatic N) is 4. The average Bonchev–Trinajstić information content (AvgIpc) is 3.38. The number of carbonyl (C=O) groups excluding carboxylic acids is 1. The first kappa shape index (κ1) is 18.5. The number of piperazine rings is 1. The minimum Gasteiger partial charge on any atom is -0.354 e. The lowest BCUT2D eigenvalue weighted by Gasteiger charge is -2.33. The molecule has 3 fully saturated rings. The topological polar surface area (TPSA) is 51.7 Å². The zero-order chi connectivity index (χ0) is 18.6. The Labute approximate surface area is 162 Å². The number of amides is 2. The molecule has 3 heterocycles. The number of hydrogen-bond acceptors (Lipinski definition) is 4. The molecule has 6 heteroatoms. The van der Waals surface area contributed by atoms with E-state index in [1.165, 1.54) is 32.1 Å². The standard InChI is InChI=1S/C21H33N5O/c1-24-11-13-25(14-12-24)20-9-8-17(15-22-20)16-23-21(27)26-10-4-7-19(26)18-5-2-3-6-18/h8-9,15,18-19H,2-7,10-14,16H2,1H3,(H,23,27)/t19-/m1/s1. The van der Waals surface area contributed by atoms with Gasteiger partial charge in [0.05, 0.1) is 0 Å². The summed E-state index contributed by atoms with van der Waals surface area (Å²) in [7, 11) is 2.16. The predicted octanol–water partition coefficient (Wildman–Crippen LogP) is 2.70. The molecule has 0 unspecified atom stereocenters. The van der Waals surface area contributed by atoms with E-state index in [-0.39, 0.29) is 6.03 Å². The third kappa shape index (κ3) is 4.37. The lowest BCUT2D eigenvalue weighted by atomic mass is 9.96. The van der Waals surface area contributed by atoms with E-state index in [1.807, 2.05) is 6.20 Å². The van der Waals surface area contributed by atoms with Crippen molar-refractivity contribution in [1.29, 1.82) is 0 Å². The van der Waals surface area contributed by atoms with Crippen LogP contribution in [0, 0.1) is 5.92 Å². The fraction of sp³-hybridized carbons (Fsp3) is 0.714. The Balaban J connectivity index is 1.28. The van der Waals surface area contributed by atoms with Crippen LogP contribution in [0.2, 0.25) is 0 Å². The molecule has 6 nitrogen and oxygen atoms in total. The van der Waals surface area contributed by atoms with Crippen molar-refractivity contribution in [3.05, 3.63) is 23.9 Å². The van der Waals surface area contributed by atoms with Crippen LogP contribution in [-0.4, -0.2) is 66.6 Å². The normalized spacial score (nSPS) is 24.6. The van der Waals surface area contributed by atoms with Crippen LogP contribution in [0.25, 0.3) is 0 Å². The van der Waals surface area contributed by atoms with Crippen LogP contribution in [0.15, 0.2) is 18.3 Å². The summed E-state index contributed by atoms with van der Waals surface area (Å²) in [5, 5.41) is 3.13. The van der Waals surface area contributed by atoms with Crippen molar-refractivity contribution in [3.63, 3.8) is 0 Å². The van der Waals surface area contributed by atoms with E-state index in [0.29, 0.717) is 12.6 Å². The molecule has 1 aromatic rings. The molecule has 0 spiro atoms. The zero-order valence-corrected chi connectivity index (χ0v) is 16.6. The van der Waals surface area contributed by atoms with Crippen molar-refractivity contribution < 1.29 is 4.79 Å². The maximum atomic E-state index is 12.7. The summed E-state index contributed by atoms with van der Waals surface area (Å²) in [6.45, 7) is 5.68. The van der Waals surface area contributed by atoms with Gasteiger partial charge in [-0.25, -0.2) is 9.78 Å². The Bertz CT molecular complexity index is 620. The fourth-order valence-corrected chi connectivity index (χ4v) is 4.90. The van der Waals surface area contributed by atoms with Gasteiger partial charge in [0, 0.05) is 51.5 Å². The Morgan fingerprint density at radius 3 is 2.56 bits per heavy atom. The van der Waals surface area contributed by atoms with Crippen LogP contribution in [0.1, 0.15) is 44.1 Å². The number of nitrogens with one attached hydrogen (secondary N) is 1. The Morgan fingerprint density at radius 1 is 1.07 bits per heavy atom. The molecule has 1 N–H and O–H groups in total. The molecule has 1 aromatic heterocycles. The van der Waals surface area contributed by atoms with Gasteiger partial charge in [-0.05, 0) is 50.3 Å². The van der Waals surface area contributed by atoms with Crippen LogP contribution in [0.4, 0.5) is 10.6 Å². The van der Waals surface area contributed by atoms with Gasteiger partial charge in [-0.2, -0.15) is 0 Å². The number of rotatable bonds is 4. The van der Waals surface area contributed by atoms with Gasteiger partial charge in [0.25, 0.3) is 0 Å².